The monoisotopic (exact) mass is 228 g/mol. The van der Waals surface area contributed by atoms with Crippen LogP contribution >= 0.6 is 0 Å². The van der Waals surface area contributed by atoms with Crippen molar-refractivity contribution in [1.29, 1.82) is 0 Å². The number of hydrogen-bond acceptors (Lipinski definition) is 1. The summed E-state index contributed by atoms with van der Waals surface area (Å²) in [6.07, 6.45) is 9.71. The van der Waals surface area contributed by atoms with Crippen molar-refractivity contribution in [2.45, 2.75) is 72.1 Å². The minimum Gasteiger partial charge on any atom is -0.481 e. The molecule has 0 fully saturated rings. The molecule has 16 heavy (non-hydrogen) atoms. The van der Waals surface area contributed by atoms with Crippen molar-refractivity contribution < 1.29 is 9.90 Å². The standard InChI is InChI=1S/C14H28O2/c1-4-5-6-7-9-12(2)10-8-11-13(3)14(15)16/h12-13H,4-11H2,1-3H3,(H,15,16). The van der Waals surface area contributed by atoms with E-state index in [4.69, 9.17) is 5.11 Å². The van der Waals surface area contributed by atoms with Crippen LogP contribution in [0, 0.1) is 11.8 Å². The summed E-state index contributed by atoms with van der Waals surface area (Å²) in [5, 5.41) is 8.75. The number of unbranched alkanes of at least 4 members (excludes halogenated alkanes) is 3. The van der Waals surface area contributed by atoms with Crippen molar-refractivity contribution in [1.82, 2.24) is 0 Å². The highest BCUT2D eigenvalue weighted by Gasteiger charge is 2.10. The summed E-state index contributed by atoms with van der Waals surface area (Å²) in [5.41, 5.74) is 0. The van der Waals surface area contributed by atoms with E-state index in [1.807, 2.05) is 0 Å². The van der Waals surface area contributed by atoms with Gasteiger partial charge < -0.3 is 5.11 Å². The first-order chi connectivity index (χ1) is 7.57. The van der Waals surface area contributed by atoms with E-state index in [0.717, 1.165) is 18.8 Å². The molecule has 2 unspecified atom stereocenters. The second-order valence-electron chi connectivity index (χ2n) is 5.12. The summed E-state index contributed by atoms with van der Waals surface area (Å²) in [6.45, 7) is 6.32. The zero-order chi connectivity index (χ0) is 12.4. The first-order valence-electron chi connectivity index (χ1n) is 6.80. The molecule has 0 aromatic carbocycles. The van der Waals surface area contributed by atoms with Crippen molar-refractivity contribution >= 4 is 5.97 Å². The smallest absolute Gasteiger partial charge is 0.306 e. The van der Waals surface area contributed by atoms with Gasteiger partial charge in [-0.2, -0.15) is 0 Å². The van der Waals surface area contributed by atoms with Gasteiger partial charge in [0.15, 0.2) is 0 Å². The summed E-state index contributed by atoms with van der Waals surface area (Å²) in [6, 6.07) is 0. The predicted molar refractivity (Wildman–Crippen MR) is 68.6 cm³/mol. The van der Waals surface area contributed by atoms with Crippen LogP contribution in [-0.4, -0.2) is 11.1 Å². The van der Waals surface area contributed by atoms with Gasteiger partial charge in [-0.1, -0.05) is 65.7 Å². The third-order valence-electron chi connectivity index (χ3n) is 3.31. The average molecular weight is 228 g/mol. The zero-order valence-corrected chi connectivity index (χ0v) is 11.2. The normalized spacial score (nSPS) is 14.7. The van der Waals surface area contributed by atoms with Crippen LogP contribution in [0.4, 0.5) is 0 Å². The maximum absolute atomic E-state index is 10.6. The summed E-state index contributed by atoms with van der Waals surface area (Å²) >= 11 is 0. The van der Waals surface area contributed by atoms with E-state index >= 15 is 0 Å². The molecule has 2 atom stereocenters. The molecule has 0 aromatic heterocycles. The molecule has 0 saturated heterocycles. The van der Waals surface area contributed by atoms with E-state index in [0.29, 0.717) is 0 Å². The van der Waals surface area contributed by atoms with E-state index in [9.17, 15) is 4.79 Å². The van der Waals surface area contributed by atoms with Gasteiger partial charge in [-0.15, -0.1) is 0 Å². The first-order valence-corrected chi connectivity index (χ1v) is 6.80. The van der Waals surface area contributed by atoms with Gasteiger partial charge in [0.05, 0.1) is 5.92 Å². The molecule has 96 valence electrons. The van der Waals surface area contributed by atoms with Crippen molar-refractivity contribution in [3.8, 4) is 0 Å². The van der Waals surface area contributed by atoms with Gasteiger partial charge in [-0.05, 0) is 12.3 Å². The van der Waals surface area contributed by atoms with Crippen molar-refractivity contribution in [3.63, 3.8) is 0 Å². The van der Waals surface area contributed by atoms with Crippen LogP contribution in [0.2, 0.25) is 0 Å². The molecule has 1 N–H and O–H groups in total. The Hall–Kier alpha value is -0.530. The van der Waals surface area contributed by atoms with Crippen LogP contribution in [0.1, 0.15) is 72.1 Å². The lowest BCUT2D eigenvalue weighted by Gasteiger charge is -2.12. The molecule has 0 amide bonds. The first kappa shape index (κ1) is 15.5. The molecule has 2 heteroatoms. The van der Waals surface area contributed by atoms with Crippen LogP contribution in [0.5, 0.6) is 0 Å². The largest absolute Gasteiger partial charge is 0.481 e. The number of carboxylic acid groups (broad SMARTS) is 1. The highest BCUT2D eigenvalue weighted by molar-refractivity contribution is 5.69. The second-order valence-corrected chi connectivity index (χ2v) is 5.12. The Bertz CT molecular complexity index is 178. The summed E-state index contributed by atoms with van der Waals surface area (Å²) in [5.74, 6) is -0.0688. The minimum atomic E-state index is -0.657. The number of rotatable bonds is 10. The molecule has 0 rings (SSSR count). The lowest BCUT2D eigenvalue weighted by atomic mass is 9.94. The molecule has 0 saturated carbocycles. The van der Waals surface area contributed by atoms with E-state index in [1.165, 1.54) is 38.5 Å². The van der Waals surface area contributed by atoms with Crippen LogP contribution < -0.4 is 0 Å². The third kappa shape index (κ3) is 8.75. The fourth-order valence-corrected chi connectivity index (χ4v) is 1.96. The van der Waals surface area contributed by atoms with Gasteiger partial charge in [0.25, 0.3) is 0 Å². The Morgan fingerprint density at radius 2 is 1.62 bits per heavy atom. The van der Waals surface area contributed by atoms with Gasteiger partial charge in [0.1, 0.15) is 0 Å². The number of hydrogen-bond donors (Lipinski definition) is 1. The molecule has 0 aliphatic carbocycles. The maximum Gasteiger partial charge on any atom is 0.306 e. The summed E-state index contributed by atoms with van der Waals surface area (Å²) in [4.78, 5) is 10.6. The molecule has 0 aromatic rings. The van der Waals surface area contributed by atoms with Gasteiger partial charge in [-0.25, -0.2) is 0 Å². The van der Waals surface area contributed by atoms with Crippen molar-refractivity contribution in [2.24, 2.45) is 11.8 Å². The van der Waals surface area contributed by atoms with Gasteiger partial charge in [0.2, 0.25) is 0 Å². The van der Waals surface area contributed by atoms with Gasteiger partial charge in [0, 0.05) is 0 Å². The number of aliphatic carboxylic acids is 1. The zero-order valence-electron chi connectivity index (χ0n) is 11.2. The molecule has 0 spiro atoms. The number of carboxylic acids is 1. The average Bonchev–Trinajstić information content (AvgIpc) is 2.24. The lowest BCUT2D eigenvalue weighted by molar-refractivity contribution is -0.141. The topological polar surface area (TPSA) is 37.3 Å². The van der Waals surface area contributed by atoms with E-state index in [1.54, 1.807) is 6.92 Å². The second kappa shape index (κ2) is 9.68. The molecule has 0 heterocycles. The summed E-state index contributed by atoms with van der Waals surface area (Å²) < 4.78 is 0. The van der Waals surface area contributed by atoms with Crippen molar-refractivity contribution in [3.05, 3.63) is 0 Å². The minimum absolute atomic E-state index is 0.174. The molecule has 0 radical (unpaired) electrons. The predicted octanol–water partition coefficient (Wildman–Crippen LogP) is 4.48. The van der Waals surface area contributed by atoms with Crippen LogP contribution in [-0.2, 0) is 4.79 Å². The van der Waals surface area contributed by atoms with Gasteiger partial charge >= 0.3 is 5.97 Å². The van der Waals surface area contributed by atoms with E-state index in [2.05, 4.69) is 13.8 Å². The van der Waals surface area contributed by atoms with E-state index < -0.39 is 5.97 Å². The summed E-state index contributed by atoms with van der Waals surface area (Å²) in [7, 11) is 0. The molecule has 0 aliphatic rings. The fourth-order valence-electron chi connectivity index (χ4n) is 1.96. The Kier molecular flexibility index (Phi) is 9.36. The van der Waals surface area contributed by atoms with Crippen LogP contribution in [0.15, 0.2) is 0 Å². The fraction of sp³-hybridized carbons (Fsp3) is 0.929. The molecular formula is C14H28O2. The quantitative estimate of drug-likeness (QED) is 0.560. The van der Waals surface area contributed by atoms with Crippen LogP contribution in [0.3, 0.4) is 0 Å². The maximum atomic E-state index is 10.6. The molecule has 2 nitrogen and oxygen atoms in total. The third-order valence-corrected chi connectivity index (χ3v) is 3.31. The number of carbonyl (C=O) groups is 1. The molecular weight excluding hydrogens is 200 g/mol. The highest BCUT2D eigenvalue weighted by Crippen LogP contribution is 2.18. The van der Waals surface area contributed by atoms with Gasteiger partial charge in [-0.3, -0.25) is 4.79 Å². The van der Waals surface area contributed by atoms with Crippen molar-refractivity contribution in [2.75, 3.05) is 0 Å². The molecule has 0 aliphatic heterocycles. The van der Waals surface area contributed by atoms with Crippen LogP contribution in [0.25, 0.3) is 0 Å². The Balaban J connectivity index is 3.36. The molecule has 0 bridgehead atoms. The lowest BCUT2D eigenvalue weighted by Crippen LogP contribution is -2.09. The Labute approximate surface area is 100 Å². The SMILES string of the molecule is CCCCCCC(C)CCCC(C)C(=O)O. The highest BCUT2D eigenvalue weighted by atomic mass is 16.4. The Morgan fingerprint density at radius 1 is 1.00 bits per heavy atom. The Morgan fingerprint density at radius 3 is 2.19 bits per heavy atom. The van der Waals surface area contributed by atoms with E-state index in [-0.39, 0.29) is 5.92 Å².